The highest BCUT2D eigenvalue weighted by molar-refractivity contribution is 6.33. The molecule has 0 radical (unpaired) electrons. The largest absolute Gasteiger partial charge is 0.370 e. The molecule has 4 nitrogen and oxygen atoms in total. The van der Waals surface area contributed by atoms with Crippen molar-refractivity contribution in [2.75, 3.05) is 11.9 Å². The number of carbonyl (C=O) groups is 1. The molecule has 1 fully saturated rings. The molecule has 2 N–H and O–H groups in total. The van der Waals surface area contributed by atoms with Crippen molar-refractivity contribution in [2.45, 2.75) is 51.5 Å². The molecular weight excluding hydrogens is 274 g/mol. The van der Waals surface area contributed by atoms with Gasteiger partial charge in [-0.15, -0.1) is 0 Å². The Bertz CT molecular complexity index is 480. The predicted octanol–water partition coefficient (Wildman–Crippen LogP) is 3.62. The number of amides is 1. The van der Waals surface area contributed by atoms with Crippen LogP contribution in [0, 0.1) is 0 Å². The lowest BCUT2D eigenvalue weighted by molar-refractivity contribution is 0.0815. The Morgan fingerprint density at radius 1 is 1.40 bits per heavy atom. The Morgan fingerprint density at radius 2 is 2.15 bits per heavy atom. The maximum Gasteiger partial charge on any atom is 0.271 e. The van der Waals surface area contributed by atoms with Crippen molar-refractivity contribution >= 4 is 23.3 Å². The summed E-state index contributed by atoms with van der Waals surface area (Å²) < 4.78 is 0. The van der Waals surface area contributed by atoms with Gasteiger partial charge < -0.3 is 10.6 Å². The second-order valence-electron chi connectivity index (χ2n) is 5.40. The third-order valence-corrected chi connectivity index (χ3v) is 4.29. The SMILES string of the molecule is CCCNc1ccc(Cl)c(C(=O)NC2(CC)CCC2)n1. The van der Waals surface area contributed by atoms with Crippen LogP contribution in [0.15, 0.2) is 12.1 Å². The van der Waals surface area contributed by atoms with Gasteiger partial charge in [0.1, 0.15) is 11.5 Å². The Balaban J connectivity index is 2.12. The molecule has 1 aliphatic carbocycles. The number of rotatable bonds is 6. The van der Waals surface area contributed by atoms with Gasteiger partial charge in [-0.05, 0) is 44.2 Å². The summed E-state index contributed by atoms with van der Waals surface area (Å²) in [5.41, 5.74) is 0.266. The molecule has 0 unspecified atom stereocenters. The van der Waals surface area contributed by atoms with E-state index in [2.05, 4.69) is 29.5 Å². The molecule has 1 heterocycles. The zero-order valence-electron chi connectivity index (χ0n) is 12.1. The standard InChI is InChI=1S/C15H22ClN3O/c1-3-10-17-12-7-6-11(16)13(18-12)14(20)19-15(4-2)8-5-9-15/h6-7H,3-5,8-10H2,1-2H3,(H,17,18)(H,19,20). The monoisotopic (exact) mass is 295 g/mol. The molecule has 0 atom stereocenters. The van der Waals surface area contributed by atoms with Crippen molar-refractivity contribution in [3.63, 3.8) is 0 Å². The topological polar surface area (TPSA) is 54.0 Å². The van der Waals surface area contributed by atoms with Crippen molar-refractivity contribution in [3.8, 4) is 0 Å². The van der Waals surface area contributed by atoms with Crippen LogP contribution in [0.25, 0.3) is 0 Å². The summed E-state index contributed by atoms with van der Waals surface area (Å²) in [5.74, 6) is 0.525. The highest BCUT2D eigenvalue weighted by Crippen LogP contribution is 2.35. The van der Waals surface area contributed by atoms with E-state index in [-0.39, 0.29) is 11.4 Å². The number of nitrogens with zero attached hydrogens (tertiary/aromatic N) is 1. The maximum absolute atomic E-state index is 12.4. The summed E-state index contributed by atoms with van der Waals surface area (Å²) in [6.07, 6.45) is 5.21. The Morgan fingerprint density at radius 3 is 2.70 bits per heavy atom. The molecule has 0 aliphatic heterocycles. The van der Waals surface area contributed by atoms with Crippen molar-refractivity contribution < 1.29 is 4.79 Å². The molecule has 2 rings (SSSR count). The van der Waals surface area contributed by atoms with E-state index in [4.69, 9.17) is 11.6 Å². The summed E-state index contributed by atoms with van der Waals surface area (Å²) in [5, 5.41) is 6.68. The number of halogens is 1. The van der Waals surface area contributed by atoms with Gasteiger partial charge in [-0.25, -0.2) is 4.98 Å². The van der Waals surface area contributed by atoms with Crippen molar-refractivity contribution in [1.82, 2.24) is 10.3 Å². The molecule has 1 aromatic rings. The number of aromatic nitrogens is 1. The van der Waals surface area contributed by atoms with Crippen molar-refractivity contribution in [1.29, 1.82) is 0 Å². The fraction of sp³-hybridized carbons (Fsp3) is 0.600. The van der Waals surface area contributed by atoms with Crippen LogP contribution < -0.4 is 10.6 Å². The first-order chi connectivity index (χ1) is 9.60. The van der Waals surface area contributed by atoms with E-state index in [9.17, 15) is 4.79 Å². The van der Waals surface area contributed by atoms with Crippen molar-refractivity contribution in [2.24, 2.45) is 0 Å². The summed E-state index contributed by atoms with van der Waals surface area (Å²) >= 11 is 6.11. The Labute approximate surface area is 125 Å². The molecule has 20 heavy (non-hydrogen) atoms. The van der Waals surface area contributed by atoms with Crippen LogP contribution in [0.1, 0.15) is 56.4 Å². The molecule has 1 aromatic heterocycles. The van der Waals surface area contributed by atoms with Gasteiger partial charge in [0, 0.05) is 12.1 Å². The molecule has 0 saturated heterocycles. The van der Waals surface area contributed by atoms with Crippen LogP contribution in [0.5, 0.6) is 0 Å². The summed E-state index contributed by atoms with van der Waals surface area (Å²) in [7, 11) is 0. The van der Waals surface area contributed by atoms with Crippen LogP contribution in [-0.4, -0.2) is 23.0 Å². The van der Waals surface area contributed by atoms with Crippen molar-refractivity contribution in [3.05, 3.63) is 22.8 Å². The van der Waals surface area contributed by atoms with E-state index in [1.54, 1.807) is 12.1 Å². The quantitative estimate of drug-likeness (QED) is 0.843. The predicted molar refractivity (Wildman–Crippen MR) is 82.4 cm³/mol. The minimum absolute atomic E-state index is 0.0467. The average molecular weight is 296 g/mol. The average Bonchev–Trinajstić information content (AvgIpc) is 2.41. The van der Waals surface area contributed by atoms with E-state index >= 15 is 0 Å². The van der Waals surface area contributed by atoms with E-state index in [0.717, 1.165) is 32.2 Å². The minimum atomic E-state index is -0.170. The van der Waals surface area contributed by atoms with Crippen LogP contribution in [0.2, 0.25) is 5.02 Å². The van der Waals surface area contributed by atoms with E-state index in [1.807, 2.05) is 0 Å². The van der Waals surface area contributed by atoms with E-state index in [0.29, 0.717) is 16.5 Å². The zero-order chi connectivity index (χ0) is 14.6. The number of nitrogens with one attached hydrogen (secondary N) is 2. The Hall–Kier alpha value is -1.29. The van der Waals surface area contributed by atoms with E-state index in [1.165, 1.54) is 6.42 Å². The third kappa shape index (κ3) is 3.23. The zero-order valence-corrected chi connectivity index (χ0v) is 12.9. The molecule has 5 heteroatoms. The lowest BCUT2D eigenvalue weighted by Gasteiger charge is -2.41. The highest BCUT2D eigenvalue weighted by Gasteiger charge is 2.37. The summed E-state index contributed by atoms with van der Waals surface area (Å²) in [6, 6.07) is 3.52. The smallest absolute Gasteiger partial charge is 0.271 e. The van der Waals surface area contributed by atoms with Gasteiger partial charge >= 0.3 is 0 Å². The van der Waals surface area contributed by atoms with Crippen LogP contribution >= 0.6 is 11.6 Å². The summed E-state index contributed by atoms with van der Waals surface area (Å²) in [4.78, 5) is 16.7. The van der Waals surface area contributed by atoms with Gasteiger partial charge in [-0.3, -0.25) is 4.79 Å². The molecule has 0 spiro atoms. The van der Waals surface area contributed by atoms with Gasteiger partial charge in [0.05, 0.1) is 5.02 Å². The second kappa shape index (κ2) is 6.44. The molecule has 1 saturated carbocycles. The Kier molecular flexibility index (Phi) is 4.86. The molecule has 110 valence electrons. The molecule has 1 amide bonds. The maximum atomic E-state index is 12.4. The first-order valence-corrected chi connectivity index (χ1v) is 7.71. The molecular formula is C15H22ClN3O. The summed E-state index contributed by atoms with van der Waals surface area (Å²) in [6.45, 7) is 5.01. The second-order valence-corrected chi connectivity index (χ2v) is 5.80. The van der Waals surface area contributed by atoms with Gasteiger partial charge in [0.15, 0.2) is 0 Å². The molecule has 1 aliphatic rings. The minimum Gasteiger partial charge on any atom is -0.370 e. The molecule has 0 bridgehead atoms. The number of hydrogen-bond acceptors (Lipinski definition) is 3. The van der Waals surface area contributed by atoms with Gasteiger partial charge in [0.2, 0.25) is 0 Å². The van der Waals surface area contributed by atoms with Gasteiger partial charge in [-0.2, -0.15) is 0 Å². The lowest BCUT2D eigenvalue weighted by atomic mass is 9.75. The van der Waals surface area contributed by atoms with Gasteiger partial charge in [0.25, 0.3) is 5.91 Å². The normalized spacial score (nSPS) is 16.4. The first kappa shape index (κ1) is 15.1. The van der Waals surface area contributed by atoms with E-state index < -0.39 is 0 Å². The number of anilines is 1. The first-order valence-electron chi connectivity index (χ1n) is 7.33. The molecule has 0 aromatic carbocycles. The van der Waals surface area contributed by atoms with Crippen LogP contribution in [0.4, 0.5) is 5.82 Å². The number of carbonyl (C=O) groups excluding carboxylic acids is 1. The fourth-order valence-electron chi connectivity index (χ4n) is 2.42. The number of pyridine rings is 1. The third-order valence-electron chi connectivity index (χ3n) is 3.98. The van der Waals surface area contributed by atoms with Crippen LogP contribution in [-0.2, 0) is 0 Å². The highest BCUT2D eigenvalue weighted by atomic mass is 35.5. The van der Waals surface area contributed by atoms with Gasteiger partial charge in [-0.1, -0.05) is 25.4 Å². The fourth-order valence-corrected chi connectivity index (χ4v) is 2.61. The lowest BCUT2D eigenvalue weighted by Crippen LogP contribution is -2.53. The number of hydrogen-bond donors (Lipinski definition) is 2. The van der Waals surface area contributed by atoms with Crippen LogP contribution in [0.3, 0.4) is 0 Å².